The molecule has 1 saturated heterocycles. The molecule has 1 N–H and O–H groups in total. The van der Waals surface area contributed by atoms with Crippen LogP contribution in [0.25, 0.3) is 0 Å². The fourth-order valence-electron chi connectivity index (χ4n) is 2.45. The molecule has 0 aromatic carbocycles. The van der Waals surface area contributed by atoms with E-state index in [0.717, 1.165) is 19.6 Å². The van der Waals surface area contributed by atoms with Crippen molar-refractivity contribution in [1.82, 2.24) is 9.80 Å². The maximum absolute atomic E-state index is 10.9. The molecule has 1 fully saturated rings. The third kappa shape index (κ3) is 6.89. The molecule has 1 atom stereocenters. The number of carboxylic acid groups (broad SMARTS) is 1. The highest BCUT2D eigenvalue weighted by molar-refractivity contribution is 5.69. The molecule has 0 spiro atoms. The quantitative estimate of drug-likeness (QED) is 0.682. The number of likely N-dealkylation sites (tertiary alicyclic amines) is 1. The summed E-state index contributed by atoms with van der Waals surface area (Å²) in [6.45, 7) is 8.18. The lowest BCUT2D eigenvalue weighted by atomic mass is 10.1. The average molecular weight is 272 g/mol. The van der Waals surface area contributed by atoms with E-state index in [1.807, 2.05) is 0 Å². The zero-order valence-corrected chi connectivity index (χ0v) is 12.3. The van der Waals surface area contributed by atoms with E-state index in [1.54, 1.807) is 14.0 Å². The molecule has 0 aliphatic carbocycles. The van der Waals surface area contributed by atoms with Gasteiger partial charge in [-0.3, -0.25) is 9.69 Å². The first-order valence-corrected chi connectivity index (χ1v) is 7.30. The van der Waals surface area contributed by atoms with Gasteiger partial charge in [0.2, 0.25) is 0 Å². The standard InChI is InChI=1S/C14H28N2O3/c1-13(14(17)18)12-16(10-11-19-2)9-8-15-6-4-3-5-7-15/h13H,3-12H2,1-2H3,(H,17,18). The van der Waals surface area contributed by atoms with Crippen LogP contribution in [-0.4, -0.2) is 73.9 Å². The Morgan fingerprint density at radius 3 is 2.58 bits per heavy atom. The van der Waals surface area contributed by atoms with Gasteiger partial charge >= 0.3 is 5.97 Å². The number of carbonyl (C=O) groups is 1. The van der Waals surface area contributed by atoms with E-state index in [1.165, 1.54) is 32.4 Å². The summed E-state index contributed by atoms with van der Waals surface area (Å²) < 4.78 is 5.10. The van der Waals surface area contributed by atoms with Crippen LogP contribution in [0.4, 0.5) is 0 Å². The molecular weight excluding hydrogens is 244 g/mol. The van der Waals surface area contributed by atoms with Crippen molar-refractivity contribution >= 4 is 5.97 Å². The topological polar surface area (TPSA) is 53.0 Å². The third-order valence-corrected chi connectivity index (χ3v) is 3.75. The number of rotatable bonds is 9. The lowest BCUT2D eigenvalue weighted by molar-refractivity contribution is -0.141. The zero-order valence-electron chi connectivity index (χ0n) is 12.3. The Labute approximate surface area is 116 Å². The first-order valence-electron chi connectivity index (χ1n) is 7.30. The predicted molar refractivity (Wildman–Crippen MR) is 75.4 cm³/mol. The lowest BCUT2D eigenvalue weighted by Gasteiger charge is -2.30. The van der Waals surface area contributed by atoms with Gasteiger partial charge in [0.15, 0.2) is 0 Å². The van der Waals surface area contributed by atoms with Crippen LogP contribution in [-0.2, 0) is 9.53 Å². The molecular formula is C14H28N2O3. The van der Waals surface area contributed by atoms with Crippen molar-refractivity contribution in [1.29, 1.82) is 0 Å². The molecule has 19 heavy (non-hydrogen) atoms. The van der Waals surface area contributed by atoms with Crippen LogP contribution in [0.1, 0.15) is 26.2 Å². The number of hydrogen-bond acceptors (Lipinski definition) is 4. The summed E-state index contributed by atoms with van der Waals surface area (Å²) in [5.74, 6) is -1.04. The van der Waals surface area contributed by atoms with E-state index >= 15 is 0 Å². The van der Waals surface area contributed by atoms with Gasteiger partial charge < -0.3 is 14.7 Å². The highest BCUT2D eigenvalue weighted by Gasteiger charge is 2.17. The van der Waals surface area contributed by atoms with Crippen molar-refractivity contribution in [2.75, 3.05) is 53.0 Å². The molecule has 0 saturated carbocycles. The second-order valence-corrected chi connectivity index (χ2v) is 5.43. The van der Waals surface area contributed by atoms with Crippen LogP contribution in [0.3, 0.4) is 0 Å². The number of carboxylic acids is 1. The van der Waals surface area contributed by atoms with Crippen molar-refractivity contribution in [3.63, 3.8) is 0 Å². The van der Waals surface area contributed by atoms with Gasteiger partial charge in [-0.2, -0.15) is 0 Å². The maximum atomic E-state index is 10.9. The van der Waals surface area contributed by atoms with Crippen molar-refractivity contribution in [2.24, 2.45) is 5.92 Å². The van der Waals surface area contributed by atoms with E-state index in [4.69, 9.17) is 9.84 Å². The molecule has 1 aliphatic rings. The molecule has 1 unspecified atom stereocenters. The lowest BCUT2D eigenvalue weighted by Crippen LogP contribution is -2.41. The van der Waals surface area contributed by atoms with Gasteiger partial charge in [-0.15, -0.1) is 0 Å². The fourth-order valence-corrected chi connectivity index (χ4v) is 2.45. The van der Waals surface area contributed by atoms with Crippen molar-refractivity contribution in [3.8, 4) is 0 Å². The van der Waals surface area contributed by atoms with Crippen LogP contribution < -0.4 is 0 Å². The molecule has 5 nitrogen and oxygen atoms in total. The molecule has 1 rings (SSSR count). The number of piperidine rings is 1. The van der Waals surface area contributed by atoms with Crippen molar-refractivity contribution in [3.05, 3.63) is 0 Å². The maximum Gasteiger partial charge on any atom is 0.307 e. The number of aliphatic carboxylic acids is 1. The van der Waals surface area contributed by atoms with Crippen LogP contribution in [0, 0.1) is 5.92 Å². The van der Waals surface area contributed by atoms with E-state index in [9.17, 15) is 4.79 Å². The highest BCUT2D eigenvalue weighted by Crippen LogP contribution is 2.08. The Bertz CT molecular complexity index is 255. The minimum Gasteiger partial charge on any atom is -0.481 e. The average Bonchev–Trinajstić information content (AvgIpc) is 2.42. The normalized spacial score (nSPS) is 18.7. The number of nitrogens with zero attached hydrogens (tertiary/aromatic N) is 2. The third-order valence-electron chi connectivity index (χ3n) is 3.75. The first kappa shape index (κ1) is 16.4. The Morgan fingerprint density at radius 2 is 2.00 bits per heavy atom. The summed E-state index contributed by atoms with van der Waals surface area (Å²) in [6, 6.07) is 0. The van der Waals surface area contributed by atoms with E-state index < -0.39 is 5.97 Å². The molecule has 0 amide bonds. The predicted octanol–water partition coefficient (Wildman–Crippen LogP) is 1.14. The van der Waals surface area contributed by atoms with Crippen molar-refractivity contribution < 1.29 is 14.6 Å². The molecule has 5 heteroatoms. The van der Waals surface area contributed by atoms with Gasteiger partial charge in [0.25, 0.3) is 0 Å². The van der Waals surface area contributed by atoms with Gasteiger partial charge in [0.1, 0.15) is 0 Å². The van der Waals surface area contributed by atoms with Crippen LogP contribution in [0.2, 0.25) is 0 Å². The monoisotopic (exact) mass is 272 g/mol. The molecule has 112 valence electrons. The summed E-state index contributed by atoms with van der Waals surface area (Å²) in [6.07, 6.45) is 3.94. The van der Waals surface area contributed by atoms with Crippen LogP contribution in [0.15, 0.2) is 0 Å². The minimum absolute atomic E-state index is 0.321. The van der Waals surface area contributed by atoms with E-state index in [-0.39, 0.29) is 5.92 Å². The summed E-state index contributed by atoms with van der Waals surface area (Å²) >= 11 is 0. The summed E-state index contributed by atoms with van der Waals surface area (Å²) in [5.41, 5.74) is 0. The van der Waals surface area contributed by atoms with Gasteiger partial charge in [-0.1, -0.05) is 13.3 Å². The fraction of sp³-hybridized carbons (Fsp3) is 0.929. The Morgan fingerprint density at radius 1 is 1.32 bits per heavy atom. The molecule has 0 radical (unpaired) electrons. The number of hydrogen-bond donors (Lipinski definition) is 1. The summed E-state index contributed by atoms with van der Waals surface area (Å²) in [4.78, 5) is 15.6. The van der Waals surface area contributed by atoms with Crippen molar-refractivity contribution in [2.45, 2.75) is 26.2 Å². The molecule has 0 aromatic rings. The number of ether oxygens (including phenoxy) is 1. The Hall–Kier alpha value is -0.650. The highest BCUT2D eigenvalue weighted by atomic mass is 16.5. The minimum atomic E-state index is -0.722. The van der Waals surface area contributed by atoms with Gasteiger partial charge in [0, 0.05) is 33.3 Å². The molecule has 1 heterocycles. The summed E-state index contributed by atoms with van der Waals surface area (Å²) in [5, 5.41) is 9.00. The van der Waals surface area contributed by atoms with Gasteiger partial charge in [-0.05, 0) is 25.9 Å². The second kappa shape index (κ2) is 9.28. The smallest absolute Gasteiger partial charge is 0.307 e. The van der Waals surface area contributed by atoms with Crippen LogP contribution in [0.5, 0.6) is 0 Å². The van der Waals surface area contributed by atoms with Gasteiger partial charge in [-0.25, -0.2) is 0 Å². The number of methoxy groups -OCH3 is 1. The van der Waals surface area contributed by atoms with E-state index in [0.29, 0.717) is 13.2 Å². The Kier molecular flexibility index (Phi) is 8.02. The molecule has 1 aliphatic heterocycles. The van der Waals surface area contributed by atoms with Gasteiger partial charge in [0.05, 0.1) is 12.5 Å². The zero-order chi connectivity index (χ0) is 14.1. The molecule has 0 bridgehead atoms. The Balaban J connectivity index is 2.32. The summed E-state index contributed by atoms with van der Waals surface area (Å²) in [7, 11) is 1.68. The molecule has 0 aromatic heterocycles. The first-order chi connectivity index (χ1) is 9.13. The largest absolute Gasteiger partial charge is 0.481 e. The van der Waals surface area contributed by atoms with Crippen LogP contribution >= 0.6 is 0 Å². The van der Waals surface area contributed by atoms with E-state index in [2.05, 4.69) is 9.80 Å². The SMILES string of the molecule is COCCN(CCN1CCCCC1)CC(C)C(=O)O. The second-order valence-electron chi connectivity index (χ2n) is 5.43.